The molecule has 0 aliphatic carbocycles. The lowest BCUT2D eigenvalue weighted by atomic mass is 10.2. The van der Waals surface area contributed by atoms with Crippen molar-refractivity contribution in [1.82, 2.24) is 10.2 Å². The summed E-state index contributed by atoms with van der Waals surface area (Å²) in [4.78, 5) is 33.2. The summed E-state index contributed by atoms with van der Waals surface area (Å²) in [6, 6.07) is 5.42. The highest BCUT2D eigenvalue weighted by molar-refractivity contribution is 5.75. The Kier molecular flexibility index (Phi) is 5.45. The summed E-state index contributed by atoms with van der Waals surface area (Å²) < 4.78 is 0. The van der Waals surface area contributed by atoms with Crippen molar-refractivity contribution >= 4 is 17.7 Å². The number of rotatable bonds is 6. The molecule has 1 rings (SSSR count). The number of benzene rings is 1. The van der Waals surface area contributed by atoms with Gasteiger partial charge in [-0.2, -0.15) is 0 Å². The minimum atomic E-state index is -0.972. The number of carbonyl (C=O) groups is 2. The summed E-state index contributed by atoms with van der Waals surface area (Å²) in [7, 11) is 1.49. The fourth-order valence-corrected chi connectivity index (χ4v) is 1.41. The molecule has 0 saturated carbocycles. The largest absolute Gasteiger partial charge is 0.481 e. The third-order valence-electron chi connectivity index (χ3n) is 2.60. The molecule has 0 saturated heterocycles. The Morgan fingerprint density at radius 1 is 1.35 bits per heavy atom. The Hall–Kier alpha value is -2.64. The summed E-state index contributed by atoms with van der Waals surface area (Å²) in [5.74, 6) is -0.972. The highest BCUT2D eigenvalue weighted by atomic mass is 16.6. The predicted molar refractivity (Wildman–Crippen MR) is 70.2 cm³/mol. The zero-order valence-corrected chi connectivity index (χ0v) is 10.9. The van der Waals surface area contributed by atoms with E-state index in [0.29, 0.717) is 0 Å². The van der Waals surface area contributed by atoms with Crippen LogP contribution in [0.3, 0.4) is 0 Å². The van der Waals surface area contributed by atoms with Crippen molar-refractivity contribution in [2.75, 3.05) is 13.6 Å². The topological polar surface area (TPSA) is 113 Å². The van der Waals surface area contributed by atoms with Crippen LogP contribution in [0, 0.1) is 10.1 Å². The average molecular weight is 281 g/mol. The molecule has 8 heteroatoms. The number of aliphatic carboxylic acids is 1. The van der Waals surface area contributed by atoms with Gasteiger partial charge in [0.15, 0.2) is 0 Å². The first-order chi connectivity index (χ1) is 9.40. The molecule has 0 spiro atoms. The van der Waals surface area contributed by atoms with E-state index < -0.39 is 16.9 Å². The molecule has 0 aromatic heterocycles. The normalized spacial score (nSPS) is 9.85. The number of carboxylic acids is 1. The Morgan fingerprint density at radius 2 is 1.95 bits per heavy atom. The van der Waals surface area contributed by atoms with Gasteiger partial charge >= 0.3 is 12.0 Å². The van der Waals surface area contributed by atoms with Crippen molar-refractivity contribution in [2.24, 2.45) is 0 Å². The Labute approximate surface area is 115 Å². The van der Waals surface area contributed by atoms with Crippen LogP contribution >= 0.6 is 0 Å². The molecule has 0 aliphatic heterocycles. The molecular weight excluding hydrogens is 266 g/mol. The molecule has 2 amide bonds. The zero-order valence-electron chi connectivity index (χ0n) is 10.9. The third-order valence-corrected chi connectivity index (χ3v) is 2.60. The van der Waals surface area contributed by atoms with Crippen molar-refractivity contribution in [3.63, 3.8) is 0 Å². The van der Waals surface area contributed by atoms with Crippen molar-refractivity contribution < 1.29 is 19.6 Å². The maximum absolute atomic E-state index is 11.6. The van der Waals surface area contributed by atoms with E-state index in [2.05, 4.69) is 5.32 Å². The molecule has 0 radical (unpaired) electrons. The predicted octanol–water partition coefficient (Wildman–Crippen LogP) is 1.21. The van der Waals surface area contributed by atoms with Gasteiger partial charge in [-0.05, 0) is 5.56 Å². The van der Waals surface area contributed by atoms with Gasteiger partial charge in [0.05, 0.1) is 11.3 Å². The van der Waals surface area contributed by atoms with Crippen LogP contribution in [-0.4, -0.2) is 40.5 Å². The lowest BCUT2D eigenvalue weighted by molar-refractivity contribution is -0.384. The van der Waals surface area contributed by atoms with E-state index in [1.807, 2.05) is 0 Å². The Morgan fingerprint density at radius 3 is 2.45 bits per heavy atom. The van der Waals surface area contributed by atoms with Gasteiger partial charge < -0.3 is 15.3 Å². The fraction of sp³-hybridized carbons (Fsp3) is 0.333. The standard InChI is InChI=1S/C12H15N3O5/c1-14(7-6-11(16)17)12(18)13-8-9-2-4-10(5-3-9)15(19)20/h2-5H,6-8H2,1H3,(H,13,18)(H,16,17). The van der Waals surface area contributed by atoms with Gasteiger partial charge in [-0.25, -0.2) is 4.79 Å². The minimum absolute atomic E-state index is 0.0151. The second kappa shape index (κ2) is 7.07. The fourth-order valence-electron chi connectivity index (χ4n) is 1.41. The maximum atomic E-state index is 11.6. The molecule has 0 bridgehead atoms. The number of non-ortho nitro benzene ring substituents is 1. The van der Waals surface area contributed by atoms with Crippen LogP contribution in [0.2, 0.25) is 0 Å². The third kappa shape index (κ3) is 4.92. The molecule has 0 atom stereocenters. The highest BCUT2D eigenvalue weighted by Crippen LogP contribution is 2.11. The number of amides is 2. The van der Waals surface area contributed by atoms with Gasteiger partial charge in [-0.15, -0.1) is 0 Å². The molecular formula is C12H15N3O5. The number of carbonyl (C=O) groups excluding carboxylic acids is 1. The number of hydrogen-bond acceptors (Lipinski definition) is 4. The van der Waals surface area contributed by atoms with Crippen molar-refractivity contribution in [3.8, 4) is 0 Å². The molecule has 0 fully saturated rings. The lowest BCUT2D eigenvalue weighted by Crippen LogP contribution is -2.37. The lowest BCUT2D eigenvalue weighted by Gasteiger charge is -2.16. The van der Waals surface area contributed by atoms with Crippen LogP contribution in [0.25, 0.3) is 0 Å². The smallest absolute Gasteiger partial charge is 0.317 e. The molecule has 0 unspecified atom stereocenters. The summed E-state index contributed by atoms with van der Waals surface area (Å²) in [6.07, 6.45) is -0.124. The average Bonchev–Trinajstić information content (AvgIpc) is 2.42. The number of carboxylic acid groups (broad SMARTS) is 1. The summed E-state index contributed by atoms with van der Waals surface area (Å²) >= 11 is 0. The van der Waals surface area contributed by atoms with E-state index in [-0.39, 0.29) is 25.2 Å². The van der Waals surface area contributed by atoms with Gasteiger partial charge in [0.25, 0.3) is 5.69 Å². The van der Waals surface area contributed by atoms with Crippen LogP contribution in [-0.2, 0) is 11.3 Å². The van der Waals surface area contributed by atoms with Crippen LogP contribution in [0.15, 0.2) is 24.3 Å². The van der Waals surface area contributed by atoms with Crippen LogP contribution in [0.4, 0.5) is 10.5 Å². The molecule has 0 aliphatic rings. The molecule has 20 heavy (non-hydrogen) atoms. The highest BCUT2D eigenvalue weighted by Gasteiger charge is 2.10. The molecule has 0 heterocycles. The van der Waals surface area contributed by atoms with Crippen molar-refractivity contribution in [2.45, 2.75) is 13.0 Å². The van der Waals surface area contributed by atoms with Crippen LogP contribution < -0.4 is 5.32 Å². The molecule has 1 aromatic rings. The van der Waals surface area contributed by atoms with Crippen LogP contribution in [0.1, 0.15) is 12.0 Å². The van der Waals surface area contributed by atoms with E-state index >= 15 is 0 Å². The Bertz CT molecular complexity index is 500. The van der Waals surface area contributed by atoms with Gasteiger partial charge in [-0.1, -0.05) is 12.1 Å². The number of urea groups is 1. The molecule has 8 nitrogen and oxygen atoms in total. The second-order valence-corrected chi connectivity index (χ2v) is 4.15. The number of hydrogen-bond donors (Lipinski definition) is 2. The molecule has 1 aromatic carbocycles. The maximum Gasteiger partial charge on any atom is 0.317 e. The number of nitrogens with one attached hydrogen (secondary N) is 1. The van der Waals surface area contributed by atoms with E-state index in [0.717, 1.165) is 5.56 Å². The minimum Gasteiger partial charge on any atom is -0.481 e. The molecule has 108 valence electrons. The van der Waals surface area contributed by atoms with Crippen LogP contribution in [0.5, 0.6) is 0 Å². The second-order valence-electron chi connectivity index (χ2n) is 4.15. The summed E-state index contributed by atoms with van der Waals surface area (Å²) in [5.41, 5.74) is 0.703. The zero-order chi connectivity index (χ0) is 15.1. The van der Waals surface area contributed by atoms with Gasteiger partial charge in [-0.3, -0.25) is 14.9 Å². The quantitative estimate of drug-likeness (QED) is 0.601. The van der Waals surface area contributed by atoms with Gasteiger partial charge in [0.2, 0.25) is 0 Å². The van der Waals surface area contributed by atoms with Crippen molar-refractivity contribution in [1.29, 1.82) is 0 Å². The summed E-state index contributed by atoms with van der Waals surface area (Å²) in [6.45, 7) is 0.329. The first-order valence-corrected chi connectivity index (χ1v) is 5.84. The van der Waals surface area contributed by atoms with Crippen molar-refractivity contribution in [3.05, 3.63) is 39.9 Å². The van der Waals surface area contributed by atoms with E-state index in [4.69, 9.17) is 5.11 Å². The monoisotopic (exact) mass is 281 g/mol. The Balaban J connectivity index is 2.44. The number of nitrogens with zero attached hydrogens (tertiary/aromatic N) is 2. The first-order valence-electron chi connectivity index (χ1n) is 5.84. The number of nitro benzene ring substituents is 1. The first kappa shape index (κ1) is 15.4. The molecule has 2 N–H and O–H groups in total. The van der Waals surface area contributed by atoms with Gasteiger partial charge in [0.1, 0.15) is 0 Å². The van der Waals surface area contributed by atoms with E-state index in [1.165, 1.54) is 24.1 Å². The summed E-state index contributed by atoms with van der Waals surface area (Å²) in [5, 5.41) is 21.6. The van der Waals surface area contributed by atoms with E-state index in [9.17, 15) is 19.7 Å². The number of nitro groups is 1. The SMILES string of the molecule is CN(CCC(=O)O)C(=O)NCc1ccc([N+](=O)[O-])cc1. The van der Waals surface area contributed by atoms with Gasteiger partial charge in [0, 0.05) is 32.3 Å². The van der Waals surface area contributed by atoms with E-state index in [1.54, 1.807) is 12.1 Å².